The second-order valence-electron chi connectivity index (χ2n) is 7.18. The molecule has 128 valence electrons. The minimum absolute atomic E-state index is 1.25. The van der Waals surface area contributed by atoms with E-state index < -0.39 is 0 Å². The summed E-state index contributed by atoms with van der Waals surface area (Å²) in [4.78, 5) is 0. The van der Waals surface area contributed by atoms with Crippen molar-refractivity contribution in [2.24, 2.45) is 7.05 Å². The Balaban J connectivity index is 2.03. The van der Waals surface area contributed by atoms with E-state index in [2.05, 4.69) is 105 Å². The van der Waals surface area contributed by atoms with Crippen molar-refractivity contribution < 1.29 is 4.57 Å². The number of rotatable bonds is 2. The number of benzene rings is 3. The van der Waals surface area contributed by atoms with Crippen molar-refractivity contribution in [1.29, 1.82) is 0 Å². The van der Waals surface area contributed by atoms with Gasteiger partial charge in [-0.3, -0.25) is 0 Å². The molecule has 0 aliphatic carbocycles. The van der Waals surface area contributed by atoms with E-state index in [1.165, 1.54) is 50.0 Å². The molecule has 0 fully saturated rings. The van der Waals surface area contributed by atoms with E-state index in [0.29, 0.717) is 0 Å². The Kier molecular flexibility index (Phi) is 4.08. The maximum atomic E-state index is 2.33. The van der Waals surface area contributed by atoms with E-state index in [4.69, 9.17) is 0 Å². The van der Waals surface area contributed by atoms with Crippen molar-refractivity contribution in [2.75, 3.05) is 0 Å². The first-order valence-electron chi connectivity index (χ1n) is 9.11. The first-order valence-corrected chi connectivity index (χ1v) is 9.11. The van der Waals surface area contributed by atoms with Gasteiger partial charge in [-0.1, -0.05) is 60.2 Å². The molecule has 0 N–H and O–H groups in total. The standard InChI is InChI=1S/C25H24N/c1-17-10-13-23-22(14-17)15-19(3)26(4)25(23)24-16-21(12-11-18(24)2)20-8-6-5-7-9-20/h5-16H,1-4H3/q+1. The van der Waals surface area contributed by atoms with Crippen molar-refractivity contribution >= 4 is 10.8 Å². The van der Waals surface area contributed by atoms with Crippen LogP contribution in [0.4, 0.5) is 0 Å². The first-order chi connectivity index (χ1) is 12.5. The molecule has 0 unspecified atom stereocenters. The summed E-state index contributed by atoms with van der Waals surface area (Å²) in [5.74, 6) is 0. The molecule has 0 saturated heterocycles. The summed E-state index contributed by atoms with van der Waals surface area (Å²) >= 11 is 0. The minimum atomic E-state index is 1.25. The van der Waals surface area contributed by atoms with Gasteiger partial charge in [0.05, 0.1) is 10.9 Å². The maximum Gasteiger partial charge on any atom is 0.220 e. The molecule has 0 aliphatic rings. The van der Waals surface area contributed by atoms with E-state index >= 15 is 0 Å². The fraction of sp³-hybridized carbons (Fsp3) is 0.160. The average Bonchev–Trinajstić information content (AvgIpc) is 2.64. The summed E-state index contributed by atoms with van der Waals surface area (Å²) in [5.41, 5.74) is 8.96. The number of hydrogen-bond donors (Lipinski definition) is 0. The van der Waals surface area contributed by atoms with Crippen LogP contribution in [0.5, 0.6) is 0 Å². The van der Waals surface area contributed by atoms with Gasteiger partial charge in [0.2, 0.25) is 5.69 Å². The molecule has 1 heteroatoms. The number of hydrogen-bond acceptors (Lipinski definition) is 0. The van der Waals surface area contributed by atoms with Crippen molar-refractivity contribution in [2.45, 2.75) is 20.8 Å². The molecule has 26 heavy (non-hydrogen) atoms. The van der Waals surface area contributed by atoms with Crippen molar-refractivity contribution in [3.63, 3.8) is 0 Å². The van der Waals surface area contributed by atoms with Gasteiger partial charge in [-0.15, -0.1) is 0 Å². The third-order valence-corrected chi connectivity index (χ3v) is 5.29. The van der Waals surface area contributed by atoms with Gasteiger partial charge in [0.25, 0.3) is 0 Å². The number of fused-ring (bicyclic) bond motifs is 1. The second-order valence-corrected chi connectivity index (χ2v) is 7.18. The molecule has 1 heterocycles. The average molecular weight is 338 g/mol. The number of nitrogens with zero attached hydrogens (tertiary/aromatic N) is 1. The van der Waals surface area contributed by atoms with E-state index in [1.54, 1.807) is 0 Å². The lowest BCUT2D eigenvalue weighted by molar-refractivity contribution is -0.665. The van der Waals surface area contributed by atoms with E-state index in [0.717, 1.165) is 0 Å². The Hall–Kier alpha value is -2.93. The highest BCUT2D eigenvalue weighted by molar-refractivity contribution is 5.95. The zero-order valence-electron chi connectivity index (χ0n) is 15.9. The summed E-state index contributed by atoms with van der Waals surface area (Å²) < 4.78 is 2.31. The molecule has 4 rings (SSSR count). The van der Waals surface area contributed by atoms with Crippen molar-refractivity contribution in [1.82, 2.24) is 0 Å². The van der Waals surface area contributed by atoms with Crippen LogP contribution in [-0.2, 0) is 7.05 Å². The van der Waals surface area contributed by atoms with E-state index in [9.17, 15) is 0 Å². The van der Waals surface area contributed by atoms with Gasteiger partial charge in [-0.05, 0) is 48.1 Å². The minimum Gasteiger partial charge on any atom is -0.198 e. The highest BCUT2D eigenvalue weighted by Crippen LogP contribution is 2.32. The predicted octanol–water partition coefficient (Wildman–Crippen LogP) is 5.92. The topological polar surface area (TPSA) is 3.88 Å². The summed E-state index contributed by atoms with van der Waals surface area (Å²) in [6, 6.07) is 26.4. The molecule has 0 atom stereocenters. The van der Waals surface area contributed by atoms with Crippen LogP contribution in [-0.4, -0.2) is 0 Å². The van der Waals surface area contributed by atoms with Crippen LogP contribution in [0, 0.1) is 20.8 Å². The molecule has 0 radical (unpaired) electrons. The van der Waals surface area contributed by atoms with E-state index in [1.807, 2.05) is 0 Å². The van der Waals surface area contributed by atoms with Gasteiger partial charge in [-0.25, -0.2) is 0 Å². The maximum absolute atomic E-state index is 2.33. The smallest absolute Gasteiger partial charge is 0.198 e. The molecule has 0 bridgehead atoms. The van der Waals surface area contributed by atoms with Gasteiger partial charge < -0.3 is 0 Å². The molecule has 0 aliphatic heterocycles. The van der Waals surface area contributed by atoms with E-state index in [-0.39, 0.29) is 0 Å². The molecular weight excluding hydrogens is 314 g/mol. The lowest BCUT2D eigenvalue weighted by Gasteiger charge is -2.12. The molecule has 1 aromatic heterocycles. The second kappa shape index (κ2) is 6.42. The highest BCUT2D eigenvalue weighted by atomic mass is 14.9. The molecule has 0 saturated carbocycles. The third-order valence-electron chi connectivity index (χ3n) is 5.29. The Morgan fingerprint density at radius 2 is 1.46 bits per heavy atom. The third kappa shape index (κ3) is 2.80. The largest absolute Gasteiger partial charge is 0.220 e. The Labute approximate surface area is 155 Å². The zero-order valence-corrected chi connectivity index (χ0v) is 15.9. The fourth-order valence-corrected chi connectivity index (χ4v) is 3.71. The molecule has 0 spiro atoms. The van der Waals surface area contributed by atoms with Crippen molar-refractivity contribution in [3.05, 3.63) is 89.6 Å². The first kappa shape index (κ1) is 16.5. The van der Waals surface area contributed by atoms with Crippen LogP contribution < -0.4 is 4.57 Å². The number of aryl methyl sites for hydroxylation is 3. The van der Waals surface area contributed by atoms with Gasteiger partial charge in [0.1, 0.15) is 7.05 Å². The van der Waals surface area contributed by atoms with Crippen LogP contribution in [0.25, 0.3) is 33.2 Å². The molecule has 1 nitrogen and oxygen atoms in total. The molecular formula is C25H24N+. The Morgan fingerprint density at radius 3 is 2.23 bits per heavy atom. The van der Waals surface area contributed by atoms with Gasteiger partial charge in [0, 0.05) is 13.0 Å². The summed E-state index contributed by atoms with van der Waals surface area (Å²) in [6.45, 7) is 6.54. The van der Waals surface area contributed by atoms with Gasteiger partial charge >= 0.3 is 0 Å². The lowest BCUT2D eigenvalue weighted by atomic mass is 9.94. The quantitative estimate of drug-likeness (QED) is 0.399. The highest BCUT2D eigenvalue weighted by Gasteiger charge is 2.20. The Bertz CT molecular complexity index is 1110. The molecule has 3 aromatic carbocycles. The summed E-state index contributed by atoms with van der Waals surface area (Å²) in [5, 5.41) is 2.61. The molecule has 0 amide bonds. The monoisotopic (exact) mass is 338 g/mol. The van der Waals surface area contributed by atoms with Crippen LogP contribution in [0.3, 0.4) is 0 Å². The summed E-state index contributed by atoms with van der Waals surface area (Å²) in [6.07, 6.45) is 0. The summed E-state index contributed by atoms with van der Waals surface area (Å²) in [7, 11) is 2.17. The van der Waals surface area contributed by atoms with Gasteiger partial charge in [0.15, 0.2) is 5.69 Å². The fourth-order valence-electron chi connectivity index (χ4n) is 3.71. The van der Waals surface area contributed by atoms with Crippen LogP contribution >= 0.6 is 0 Å². The SMILES string of the molecule is Cc1ccc2c(-c3cc(-c4ccccc4)ccc3C)[n+](C)c(C)cc2c1. The number of pyridine rings is 1. The normalized spacial score (nSPS) is 11.1. The number of aromatic nitrogens is 1. The van der Waals surface area contributed by atoms with Crippen LogP contribution in [0.15, 0.2) is 72.8 Å². The van der Waals surface area contributed by atoms with Crippen LogP contribution in [0.2, 0.25) is 0 Å². The molecule has 4 aromatic rings. The van der Waals surface area contributed by atoms with Crippen molar-refractivity contribution in [3.8, 4) is 22.4 Å². The van der Waals surface area contributed by atoms with Gasteiger partial charge in [-0.2, -0.15) is 4.57 Å². The van der Waals surface area contributed by atoms with Crippen LogP contribution in [0.1, 0.15) is 16.8 Å². The zero-order chi connectivity index (χ0) is 18.3. The Morgan fingerprint density at radius 1 is 0.692 bits per heavy atom. The lowest BCUT2D eigenvalue weighted by Crippen LogP contribution is -2.35. The predicted molar refractivity (Wildman–Crippen MR) is 110 cm³/mol.